The van der Waals surface area contributed by atoms with Gasteiger partial charge in [-0.1, -0.05) is 37.6 Å². The van der Waals surface area contributed by atoms with Crippen LogP contribution in [0.4, 0.5) is 5.69 Å². The van der Waals surface area contributed by atoms with Crippen molar-refractivity contribution in [3.05, 3.63) is 59.7 Å². The highest BCUT2D eigenvalue weighted by Gasteiger charge is 2.14. The molecule has 5 heteroatoms. The van der Waals surface area contributed by atoms with Gasteiger partial charge in [0.05, 0.1) is 11.5 Å². The minimum Gasteiger partial charge on any atom is -0.380 e. The number of hydrogen-bond donors (Lipinski definition) is 1. The Labute approximate surface area is 132 Å². The molecule has 0 aliphatic rings. The summed E-state index contributed by atoms with van der Waals surface area (Å²) in [6.07, 6.45) is 1.99. The summed E-state index contributed by atoms with van der Waals surface area (Å²) in [6.45, 7) is 2.54. The maximum atomic E-state index is 12.4. The molecule has 0 aromatic heterocycles. The number of rotatable bonds is 7. The molecule has 22 heavy (non-hydrogen) atoms. The van der Waals surface area contributed by atoms with Gasteiger partial charge >= 0.3 is 0 Å². The molecule has 0 radical (unpaired) electrons. The molecule has 0 heterocycles. The fraction of sp³-hybridized carbons (Fsp3) is 0.294. The first-order chi connectivity index (χ1) is 10.5. The van der Waals surface area contributed by atoms with Gasteiger partial charge in [-0.2, -0.15) is 0 Å². The number of sulfonamides is 1. The molecule has 0 fully saturated rings. The van der Waals surface area contributed by atoms with Crippen LogP contribution in [0.3, 0.4) is 0 Å². The highest BCUT2D eigenvalue weighted by atomic mass is 32.2. The van der Waals surface area contributed by atoms with E-state index >= 15 is 0 Å². The molecular weight excluding hydrogens is 298 g/mol. The van der Waals surface area contributed by atoms with Gasteiger partial charge in [-0.05, 0) is 41.8 Å². The standard InChI is InChI=1S/C17H21NO3S/c1-3-5-14-8-10-17(11-9-14)22(19,20)18-16-7-4-6-15(12-16)13-21-2/h4,6-12,18H,3,5,13H2,1-2H3. The van der Waals surface area contributed by atoms with E-state index in [4.69, 9.17) is 4.74 Å². The number of nitrogens with one attached hydrogen (secondary N) is 1. The van der Waals surface area contributed by atoms with Gasteiger partial charge in [0, 0.05) is 12.8 Å². The van der Waals surface area contributed by atoms with Crippen LogP contribution < -0.4 is 4.72 Å². The Hall–Kier alpha value is -1.85. The Bertz CT molecular complexity index is 709. The van der Waals surface area contributed by atoms with Crippen LogP contribution in [0, 0.1) is 0 Å². The maximum Gasteiger partial charge on any atom is 0.261 e. The molecule has 2 aromatic rings. The monoisotopic (exact) mass is 319 g/mol. The van der Waals surface area contributed by atoms with E-state index in [1.54, 1.807) is 37.4 Å². The van der Waals surface area contributed by atoms with E-state index < -0.39 is 10.0 Å². The lowest BCUT2D eigenvalue weighted by molar-refractivity contribution is 0.185. The van der Waals surface area contributed by atoms with Crippen LogP contribution in [-0.4, -0.2) is 15.5 Å². The Kier molecular flexibility index (Phi) is 5.57. The summed E-state index contributed by atoms with van der Waals surface area (Å²) in [5.41, 5.74) is 2.59. The number of anilines is 1. The van der Waals surface area contributed by atoms with Crippen molar-refractivity contribution in [2.75, 3.05) is 11.8 Å². The Morgan fingerprint density at radius 3 is 2.41 bits per heavy atom. The van der Waals surface area contributed by atoms with Crippen LogP contribution in [0.25, 0.3) is 0 Å². The van der Waals surface area contributed by atoms with Crippen LogP contribution in [0.5, 0.6) is 0 Å². The highest BCUT2D eigenvalue weighted by Crippen LogP contribution is 2.18. The van der Waals surface area contributed by atoms with Crippen LogP contribution in [0.1, 0.15) is 24.5 Å². The smallest absolute Gasteiger partial charge is 0.261 e. The third-order valence-corrected chi connectivity index (χ3v) is 4.66. The van der Waals surface area contributed by atoms with Crippen LogP contribution in [0.15, 0.2) is 53.4 Å². The number of ether oxygens (including phenoxy) is 1. The molecule has 118 valence electrons. The number of benzene rings is 2. The lowest BCUT2D eigenvalue weighted by Gasteiger charge is -2.10. The van der Waals surface area contributed by atoms with E-state index in [2.05, 4.69) is 11.6 Å². The largest absolute Gasteiger partial charge is 0.380 e. The van der Waals surface area contributed by atoms with Crippen molar-refractivity contribution in [2.45, 2.75) is 31.3 Å². The Morgan fingerprint density at radius 1 is 1.05 bits per heavy atom. The summed E-state index contributed by atoms with van der Waals surface area (Å²) < 4.78 is 32.5. The number of aryl methyl sites for hydroxylation is 1. The lowest BCUT2D eigenvalue weighted by Crippen LogP contribution is -2.13. The van der Waals surface area contributed by atoms with Crippen molar-refractivity contribution in [3.63, 3.8) is 0 Å². The predicted octanol–water partition coefficient (Wildman–Crippen LogP) is 3.59. The molecule has 0 aliphatic carbocycles. The van der Waals surface area contributed by atoms with E-state index in [-0.39, 0.29) is 4.90 Å². The minimum atomic E-state index is -3.57. The molecule has 2 rings (SSSR count). The van der Waals surface area contributed by atoms with Crippen molar-refractivity contribution in [3.8, 4) is 0 Å². The molecule has 0 unspecified atom stereocenters. The zero-order valence-corrected chi connectivity index (χ0v) is 13.7. The molecule has 2 aromatic carbocycles. The first-order valence-corrected chi connectivity index (χ1v) is 8.73. The minimum absolute atomic E-state index is 0.268. The summed E-state index contributed by atoms with van der Waals surface area (Å²) >= 11 is 0. The maximum absolute atomic E-state index is 12.4. The fourth-order valence-corrected chi connectivity index (χ4v) is 3.28. The van der Waals surface area contributed by atoms with Gasteiger partial charge in [-0.15, -0.1) is 0 Å². The molecule has 0 saturated carbocycles. The van der Waals surface area contributed by atoms with Gasteiger partial charge in [-0.25, -0.2) is 8.42 Å². The van der Waals surface area contributed by atoms with Crippen molar-refractivity contribution >= 4 is 15.7 Å². The summed E-state index contributed by atoms with van der Waals surface area (Å²) in [4.78, 5) is 0.268. The third-order valence-electron chi connectivity index (χ3n) is 3.26. The zero-order chi connectivity index (χ0) is 16.0. The van der Waals surface area contributed by atoms with Crippen LogP contribution >= 0.6 is 0 Å². The topological polar surface area (TPSA) is 55.4 Å². The van der Waals surface area contributed by atoms with E-state index in [1.807, 2.05) is 18.2 Å². The van der Waals surface area contributed by atoms with Crippen molar-refractivity contribution in [1.82, 2.24) is 0 Å². The van der Waals surface area contributed by atoms with Gasteiger partial charge in [0.2, 0.25) is 0 Å². The second kappa shape index (κ2) is 7.42. The average molecular weight is 319 g/mol. The van der Waals surface area contributed by atoms with E-state index in [0.717, 1.165) is 24.0 Å². The van der Waals surface area contributed by atoms with Gasteiger partial charge in [-0.3, -0.25) is 4.72 Å². The lowest BCUT2D eigenvalue weighted by atomic mass is 10.1. The summed E-state index contributed by atoms with van der Waals surface area (Å²) in [5.74, 6) is 0. The van der Waals surface area contributed by atoms with Crippen molar-refractivity contribution in [1.29, 1.82) is 0 Å². The second-order valence-corrected chi connectivity index (χ2v) is 6.82. The van der Waals surface area contributed by atoms with Gasteiger partial charge < -0.3 is 4.74 Å². The van der Waals surface area contributed by atoms with Crippen molar-refractivity contribution < 1.29 is 13.2 Å². The van der Waals surface area contributed by atoms with Gasteiger partial charge in [0.1, 0.15) is 0 Å². The Balaban J connectivity index is 2.18. The normalized spacial score (nSPS) is 11.4. The SMILES string of the molecule is CCCc1ccc(S(=O)(=O)Nc2cccc(COC)c2)cc1. The van der Waals surface area contributed by atoms with Crippen LogP contribution in [0.2, 0.25) is 0 Å². The van der Waals surface area contributed by atoms with E-state index in [1.165, 1.54) is 0 Å². The van der Waals surface area contributed by atoms with E-state index in [9.17, 15) is 8.42 Å². The fourth-order valence-electron chi connectivity index (χ4n) is 2.23. The number of methoxy groups -OCH3 is 1. The molecular formula is C17H21NO3S. The summed E-state index contributed by atoms with van der Waals surface area (Å²) in [7, 11) is -1.96. The predicted molar refractivity (Wildman–Crippen MR) is 88.4 cm³/mol. The highest BCUT2D eigenvalue weighted by molar-refractivity contribution is 7.92. The van der Waals surface area contributed by atoms with Crippen LogP contribution in [-0.2, 0) is 27.8 Å². The molecule has 0 saturated heterocycles. The first-order valence-electron chi connectivity index (χ1n) is 7.25. The van der Waals surface area contributed by atoms with E-state index in [0.29, 0.717) is 12.3 Å². The first kappa shape index (κ1) is 16.5. The second-order valence-electron chi connectivity index (χ2n) is 5.13. The van der Waals surface area contributed by atoms with Gasteiger partial charge in [0.15, 0.2) is 0 Å². The zero-order valence-electron chi connectivity index (χ0n) is 12.9. The summed E-state index contributed by atoms with van der Waals surface area (Å²) in [6, 6.07) is 14.2. The molecule has 4 nitrogen and oxygen atoms in total. The molecule has 0 bridgehead atoms. The number of hydrogen-bond acceptors (Lipinski definition) is 3. The molecule has 1 N–H and O–H groups in total. The van der Waals surface area contributed by atoms with Gasteiger partial charge in [0.25, 0.3) is 10.0 Å². The third kappa shape index (κ3) is 4.32. The molecule has 0 amide bonds. The summed E-state index contributed by atoms with van der Waals surface area (Å²) in [5, 5.41) is 0. The molecule has 0 atom stereocenters. The average Bonchev–Trinajstić information content (AvgIpc) is 2.48. The van der Waals surface area contributed by atoms with Crippen molar-refractivity contribution in [2.24, 2.45) is 0 Å². The quantitative estimate of drug-likeness (QED) is 0.848. The Morgan fingerprint density at radius 2 is 1.77 bits per heavy atom. The molecule has 0 spiro atoms. The molecule has 0 aliphatic heterocycles.